The van der Waals surface area contributed by atoms with E-state index in [-0.39, 0.29) is 0 Å². The zero-order valence-corrected chi connectivity index (χ0v) is 16.1. The van der Waals surface area contributed by atoms with Gasteiger partial charge in [-0.2, -0.15) is 0 Å². The maximum atomic E-state index is 12.2. The zero-order valence-electron chi connectivity index (χ0n) is 16.1. The predicted molar refractivity (Wildman–Crippen MR) is 109 cm³/mol. The second kappa shape index (κ2) is 8.43. The molecule has 0 fully saturated rings. The van der Waals surface area contributed by atoms with E-state index in [1.54, 1.807) is 24.3 Å². The van der Waals surface area contributed by atoms with Crippen molar-refractivity contribution in [2.75, 3.05) is 11.9 Å². The first-order chi connectivity index (χ1) is 13.8. The molecular weight excluding hydrogens is 370 g/mol. The monoisotopic (exact) mass is 391 g/mol. The van der Waals surface area contributed by atoms with Crippen molar-refractivity contribution < 1.29 is 19.1 Å². The lowest BCUT2D eigenvalue weighted by atomic mass is 10.2. The molecule has 0 atom stereocenters. The van der Waals surface area contributed by atoms with E-state index in [2.05, 4.69) is 9.88 Å². The van der Waals surface area contributed by atoms with E-state index in [1.807, 2.05) is 38.1 Å². The number of carbonyl (C=O) groups is 3. The topological polar surface area (TPSA) is 103 Å². The number of nitrogens with zero attached hydrogens (tertiary/aromatic N) is 1. The highest BCUT2D eigenvalue weighted by Gasteiger charge is 2.12. The number of hydrogen-bond acceptors (Lipinski definition) is 4. The highest BCUT2D eigenvalue weighted by Crippen LogP contribution is 2.17. The predicted octanol–water partition coefficient (Wildman–Crippen LogP) is 2.99. The van der Waals surface area contributed by atoms with Crippen LogP contribution in [0.2, 0.25) is 0 Å². The minimum atomic E-state index is -0.586. The number of carbonyl (C=O) groups excluding carboxylic acids is 3. The Morgan fingerprint density at radius 3 is 1.97 bits per heavy atom. The van der Waals surface area contributed by atoms with Gasteiger partial charge in [0.25, 0.3) is 5.91 Å². The Hall–Kier alpha value is -3.87. The lowest BCUT2D eigenvalue weighted by Crippen LogP contribution is -2.21. The van der Waals surface area contributed by atoms with Gasteiger partial charge in [0.15, 0.2) is 6.61 Å². The fourth-order valence-corrected chi connectivity index (χ4v) is 2.95. The summed E-state index contributed by atoms with van der Waals surface area (Å²) < 4.78 is 7.15. The third-order valence-electron chi connectivity index (χ3n) is 4.42. The third kappa shape index (κ3) is 4.70. The fourth-order valence-electron chi connectivity index (χ4n) is 2.95. The van der Waals surface area contributed by atoms with E-state index in [0.717, 1.165) is 17.1 Å². The van der Waals surface area contributed by atoms with Crippen LogP contribution < -0.4 is 11.1 Å². The Bertz CT molecular complexity index is 1030. The summed E-state index contributed by atoms with van der Waals surface area (Å²) in [4.78, 5) is 35.2. The van der Waals surface area contributed by atoms with Gasteiger partial charge in [-0.1, -0.05) is 0 Å². The van der Waals surface area contributed by atoms with E-state index in [1.165, 1.54) is 12.1 Å². The minimum absolute atomic E-state index is 0.336. The van der Waals surface area contributed by atoms with Gasteiger partial charge in [-0.15, -0.1) is 0 Å². The number of rotatable bonds is 6. The van der Waals surface area contributed by atoms with Crippen molar-refractivity contribution in [2.24, 2.45) is 5.73 Å². The van der Waals surface area contributed by atoms with Crippen molar-refractivity contribution in [3.05, 3.63) is 83.2 Å². The van der Waals surface area contributed by atoms with Crippen LogP contribution in [0, 0.1) is 13.8 Å². The number of aromatic nitrogens is 1. The molecule has 0 aliphatic carbocycles. The molecule has 3 N–H and O–H groups in total. The molecule has 0 saturated heterocycles. The van der Waals surface area contributed by atoms with Crippen molar-refractivity contribution >= 4 is 23.5 Å². The first kappa shape index (κ1) is 19.9. The van der Waals surface area contributed by atoms with E-state index in [0.29, 0.717) is 16.8 Å². The summed E-state index contributed by atoms with van der Waals surface area (Å²) in [6.45, 7) is 3.60. The lowest BCUT2D eigenvalue weighted by molar-refractivity contribution is -0.119. The first-order valence-corrected chi connectivity index (χ1v) is 8.97. The van der Waals surface area contributed by atoms with Crippen LogP contribution in [-0.4, -0.2) is 29.0 Å². The van der Waals surface area contributed by atoms with E-state index >= 15 is 0 Å². The van der Waals surface area contributed by atoms with Gasteiger partial charge in [0, 0.05) is 28.3 Å². The van der Waals surface area contributed by atoms with Gasteiger partial charge < -0.3 is 20.4 Å². The number of anilines is 1. The van der Waals surface area contributed by atoms with Crippen LogP contribution in [0.1, 0.15) is 32.1 Å². The average molecular weight is 391 g/mol. The van der Waals surface area contributed by atoms with Crippen molar-refractivity contribution in [1.29, 1.82) is 0 Å². The van der Waals surface area contributed by atoms with E-state index in [9.17, 15) is 14.4 Å². The Morgan fingerprint density at radius 2 is 1.41 bits per heavy atom. The molecule has 0 aliphatic rings. The molecular formula is C22H21N3O4. The second-order valence-electron chi connectivity index (χ2n) is 6.56. The Balaban J connectivity index is 1.56. The van der Waals surface area contributed by atoms with Gasteiger partial charge in [-0.25, -0.2) is 4.79 Å². The van der Waals surface area contributed by atoms with Crippen LogP contribution >= 0.6 is 0 Å². The van der Waals surface area contributed by atoms with Crippen LogP contribution in [0.4, 0.5) is 5.69 Å². The molecule has 7 nitrogen and oxygen atoms in total. The van der Waals surface area contributed by atoms with Gasteiger partial charge >= 0.3 is 5.97 Å². The lowest BCUT2D eigenvalue weighted by Gasteiger charge is -2.10. The molecule has 0 unspecified atom stereocenters. The van der Waals surface area contributed by atoms with Crippen molar-refractivity contribution in [3.63, 3.8) is 0 Å². The number of esters is 1. The Kier molecular flexibility index (Phi) is 5.78. The number of nitrogens with two attached hydrogens (primary N) is 1. The smallest absolute Gasteiger partial charge is 0.338 e. The minimum Gasteiger partial charge on any atom is -0.452 e. The van der Waals surface area contributed by atoms with Crippen molar-refractivity contribution in [1.82, 2.24) is 4.57 Å². The molecule has 3 rings (SSSR count). The number of benzene rings is 2. The summed E-state index contributed by atoms with van der Waals surface area (Å²) in [5.74, 6) is -1.62. The molecule has 3 aromatic rings. The normalized spacial score (nSPS) is 10.4. The zero-order chi connectivity index (χ0) is 21.0. The molecule has 1 aromatic heterocycles. The molecule has 0 radical (unpaired) electrons. The van der Waals surface area contributed by atoms with Crippen molar-refractivity contribution in [3.8, 4) is 5.69 Å². The average Bonchev–Trinajstić information content (AvgIpc) is 3.05. The van der Waals surface area contributed by atoms with Crippen LogP contribution in [-0.2, 0) is 9.53 Å². The molecule has 0 spiro atoms. The summed E-state index contributed by atoms with van der Waals surface area (Å²) in [5.41, 5.74) is 9.47. The summed E-state index contributed by atoms with van der Waals surface area (Å²) in [5, 5.41) is 2.58. The Morgan fingerprint density at radius 1 is 0.862 bits per heavy atom. The molecule has 0 saturated carbocycles. The van der Waals surface area contributed by atoms with Gasteiger partial charge in [0.2, 0.25) is 5.91 Å². The number of primary amides is 1. The maximum Gasteiger partial charge on any atom is 0.338 e. The molecule has 7 heteroatoms. The third-order valence-corrected chi connectivity index (χ3v) is 4.42. The quantitative estimate of drug-likeness (QED) is 0.631. The number of ether oxygens (including phenoxy) is 1. The molecule has 0 aliphatic heterocycles. The van der Waals surface area contributed by atoms with E-state index < -0.39 is 24.4 Å². The highest BCUT2D eigenvalue weighted by molar-refractivity contribution is 5.96. The standard InChI is InChI=1S/C22H21N3O4/c1-14-3-4-15(2)25(14)19-11-7-17(8-12-19)22(28)29-13-20(26)24-18-9-5-16(6-10-18)21(23)27/h3-12H,13H2,1-2H3,(H2,23,27)(H,24,26). The maximum absolute atomic E-state index is 12.2. The first-order valence-electron chi connectivity index (χ1n) is 8.97. The summed E-state index contributed by atoms with van der Waals surface area (Å²) in [6.07, 6.45) is 0. The van der Waals surface area contributed by atoms with Crippen LogP contribution in [0.15, 0.2) is 60.7 Å². The molecule has 2 amide bonds. The Labute approximate surface area is 168 Å². The second-order valence-corrected chi connectivity index (χ2v) is 6.56. The molecule has 148 valence electrons. The van der Waals surface area contributed by atoms with E-state index in [4.69, 9.17) is 10.5 Å². The highest BCUT2D eigenvalue weighted by atomic mass is 16.5. The van der Waals surface area contributed by atoms with Crippen molar-refractivity contribution in [2.45, 2.75) is 13.8 Å². The molecule has 0 bridgehead atoms. The molecule has 29 heavy (non-hydrogen) atoms. The van der Waals surface area contributed by atoms with Gasteiger partial charge in [0.1, 0.15) is 0 Å². The largest absolute Gasteiger partial charge is 0.452 e. The SMILES string of the molecule is Cc1ccc(C)n1-c1ccc(C(=O)OCC(=O)Nc2ccc(C(N)=O)cc2)cc1. The molecule has 1 heterocycles. The van der Waals surface area contributed by atoms with Gasteiger partial charge in [-0.05, 0) is 74.5 Å². The van der Waals surface area contributed by atoms with Gasteiger partial charge in [-0.3, -0.25) is 9.59 Å². The number of amides is 2. The summed E-state index contributed by atoms with van der Waals surface area (Å²) >= 11 is 0. The summed E-state index contributed by atoms with van der Waals surface area (Å²) in [7, 11) is 0. The van der Waals surface area contributed by atoms with Gasteiger partial charge in [0.05, 0.1) is 5.56 Å². The van der Waals surface area contributed by atoms with Crippen LogP contribution in [0.25, 0.3) is 5.69 Å². The molecule has 2 aromatic carbocycles. The van der Waals surface area contributed by atoms with Crippen LogP contribution in [0.5, 0.6) is 0 Å². The number of nitrogens with one attached hydrogen (secondary N) is 1. The summed E-state index contributed by atoms with van der Waals surface area (Å²) in [6, 6.07) is 17.1. The number of aryl methyl sites for hydroxylation is 2. The fraction of sp³-hybridized carbons (Fsp3) is 0.136. The number of hydrogen-bond donors (Lipinski definition) is 2. The van der Waals surface area contributed by atoms with Crippen LogP contribution in [0.3, 0.4) is 0 Å².